The molecule has 3 N–H and O–H groups in total. The molecular formula is C21H40N4O2. The van der Waals surface area contributed by atoms with Gasteiger partial charge in [0.05, 0.1) is 0 Å². The zero-order chi connectivity index (χ0) is 20.1. The van der Waals surface area contributed by atoms with Gasteiger partial charge in [0.15, 0.2) is 0 Å². The van der Waals surface area contributed by atoms with Crippen molar-refractivity contribution in [1.82, 2.24) is 20.9 Å². The van der Waals surface area contributed by atoms with E-state index in [0.717, 1.165) is 70.0 Å². The fourth-order valence-corrected chi connectivity index (χ4v) is 3.47. The molecule has 3 amide bonds. The van der Waals surface area contributed by atoms with Crippen LogP contribution in [-0.4, -0.2) is 42.0 Å². The normalized spacial score (nSPS) is 15.7. The first-order chi connectivity index (χ1) is 13.0. The summed E-state index contributed by atoms with van der Waals surface area (Å²) < 4.78 is 0. The van der Waals surface area contributed by atoms with Crippen molar-refractivity contribution >= 4 is 11.9 Å². The van der Waals surface area contributed by atoms with Crippen molar-refractivity contribution in [3.8, 4) is 0 Å². The van der Waals surface area contributed by atoms with Crippen molar-refractivity contribution in [3.05, 3.63) is 12.4 Å². The molecule has 0 spiro atoms. The fraction of sp³-hybridized carbons (Fsp3) is 0.810. The molecule has 1 fully saturated rings. The maximum absolute atomic E-state index is 13.1. The van der Waals surface area contributed by atoms with Gasteiger partial charge in [0, 0.05) is 19.6 Å². The van der Waals surface area contributed by atoms with E-state index in [9.17, 15) is 9.59 Å². The van der Waals surface area contributed by atoms with Crippen molar-refractivity contribution in [2.24, 2.45) is 0 Å². The molecule has 1 rings (SSSR count). The minimum atomic E-state index is -0.458. The molecule has 6 heteroatoms. The highest BCUT2D eigenvalue weighted by molar-refractivity contribution is 5.90. The lowest BCUT2D eigenvalue weighted by Gasteiger charge is -2.27. The monoisotopic (exact) mass is 380 g/mol. The lowest BCUT2D eigenvalue weighted by Crippen LogP contribution is -2.46. The van der Waals surface area contributed by atoms with E-state index in [1.807, 2.05) is 4.90 Å². The Balaban J connectivity index is 2.40. The number of rotatable bonds is 14. The molecule has 0 unspecified atom stereocenters. The van der Waals surface area contributed by atoms with Crippen molar-refractivity contribution in [2.45, 2.75) is 90.5 Å². The number of hydrogen-bond acceptors (Lipinski definition) is 3. The Hall–Kier alpha value is -1.72. The molecule has 0 aliphatic carbocycles. The third kappa shape index (κ3) is 7.43. The van der Waals surface area contributed by atoms with Gasteiger partial charge in [0.1, 0.15) is 11.4 Å². The SMILES string of the molecule is C=C1NC(CCCC)(CCCC)C(=O)N1CCCCNC(=O)NCCCC. The van der Waals surface area contributed by atoms with Crippen LogP contribution in [0.5, 0.6) is 0 Å². The van der Waals surface area contributed by atoms with Crippen molar-refractivity contribution < 1.29 is 9.59 Å². The van der Waals surface area contributed by atoms with E-state index < -0.39 is 5.54 Å². The summed E-state index contributed by atoms with van der Waals surface area (Å²) in [5.41, 5.74) is -0.458. The third-order valence-electron chi connectivity index (χ3n) is 5.19. The van der Waals surface area contributed by atoms with E-state index in [-0.39, 0.29) is 11.9 Å². The van der Waals surface area contributed by atoms with Gasteiger partial charge >= 0.3 is 6.03 Å². The molecule has 0 radical (unpaired) electrons. The van der Waals surface area contributed by atoms with Crippen molar-refractivity contribution in [2.75, 3.05) is 19.6 Å². The molecule has 1 aliphatic heterocycles. The number of amides is 3. The first kappa shape index (κ1) is 23.3. The maximum Gasteiger partial charge on any atom is 0.314 e. The van der Waals surface area contributed by atoms with E-state index in [4.69, 9.17) is 0 Å². The van der Waals surface area contributed by atoms with Crippen LogP contribution in [0.4, 0.5) is 4.79 Å². The van der Waals surface area contributed by atoms with Crippen LogP contribution in [-0.2, 0) is 4.79 Å². The Morgan fingerprint density at radius 1 is 0.963 bits per heavy atom. The van der Waals surface area contributed by atoms with Crippen LogP contribution < -0.4 is 16.0 Å². The van der Waals surface area contributed by atoms with Crippen LogP contribution in [0, 0.1) is 0 Å². The first-order valence-corrected chi connectivity index (χ1v) is 10.8. The minimum absolute atomic E-state index is 0.107. The number of carbonyl (C=O) groups is 2. The van der Waals surface area contributed by atoms with Crippen molar-refractivity contribution in [3.63, 3.8) is 0 Å². The summed E-state index contributed by atoms with van der Waals surface area (Å²) in [5.74, 6) is 0.914. The smallest absolute Gasteiger partial charge is 0.314 e. The van der Waals surface area contributed by atoms with Crippen LogP contribution in [0.25, 0.3) is 0 Å². The average Bonchev–Trinajstić information content (AvgIpc) is 2.89. The molecule has 0 bridgehead atoms. The molecule has 6 nitrogen and oxygen atoms in total. The number of urea groups is 1. The Morgan fingerprint density at radius 2 is 1.52 bits per heavy atom. The van der Waals surface area contributed by atoms with E-state index in [2.05, 4.69) is 43.3 Å². The van der Waals surface area contributed by atoms with Crippen LogP contribution in [0.15, 0.2) is 12.4 Å². The second-order valence-electron chi connectivity index (χ2n) is 7.56. The van der Waals surface area contributed by atoms with E-state index in [1.54, 1.807) is 0 Å². The van der Waals surface area contributed by atoms with Gasteiger partial charge in [-0.3, -0.25) is 9.69 Å². The maximum atomic E-state index is 13.1. The number of carbonyl (C=O) groups excluding carboxylic acids is 2. The number of hydrogen-bond donors (Lipinski definition) is 3. The zero-order valence-corrected chi connectivity index (χ0v) is 17.7. The van der Waals surface area contributed by atoms with Crippen LogP contribution in [0.3, 0.4) is 0 Å². The Labute approximate surface area is 165 Å². The molecule has 1 aliphatic rings. The lowest BCUT2D eigenvalue weighted by atomic mass is 9.87. The summed E-state index contributed by atoms with van der Waals surface area (Å²) in [6.07, 6.45) is 9.75. The summed E-state index contributed by atoms with van der Waals surface area (Å²) in [4.78, 5) is 26.5. The third-order valence-corrected chi connectivity index (χ3v) is 5.19. The van der Waals surface area contributed by atoms with Gasteiger partial charge in [-0.2, -0.15) is 0 Å². The predicted octanol–water partition coefficient (Wildman–Crippen LogP) is 3.89. The van der Waals surface area contributed by atoms with Gasteiger partial charge in [-0.15, -0.1) is 0 Å². The summed E-state index contributed by atoms with van der Waals surface area (Å²) in [6, 6.07) is -0.107. The molecule has 0 saturated carbocycles. The van der Waals surface area contributed by atoms with Gasteiger partial charge in [-0.1, -0.05) is 59.5 Å². The van der Waals surface area contributed by atoms with E-state index in [1.165, 1.54) is 0 Å². The zero-order valence-electron chi connectivity index (χ0n) is 17.7. The lowest BCUT2D eigenvalue weighted by molar-refractivity contribution is -0.132. The minimum Gasteiger partial charge on any atom is -0.358 e. The standard InChI is InChI=1S/C21H40N4O2/c1-5-8-13-21(14-9-6-2)19(26)25(18(4)24-21)17-12-11-16-23-20(27)22-15-10-7-3/h24H,4-17H2,1-3H3,(H2,22,23,27). The number of nitrogens with one attached hydrogen (secondary N) is 3. The van der Waals surface area contributed by atoms with Crippen molar-refractivity contribution in [1.29, 1.82) is 0 Å². The number of unbranched alkanes of at least 4 members (excludes halogenated alkanes) is 4. The van der Waals surface area contributed by atoms with Crippen LogP contribution >= 0.6 is 0 Å². The molecule has 156 valence electrons. The molecular weight excluding hydrogens is 340 g/mol. The molecule has 0 aromatic rings. The fourth-order valence-electron chi connectivity index (χ4n) is 3.47. The summed E-state index contributed by atoms with van der Waals surface area (Å²) >= 11 is 0. The van der Waals surface area contributed by atoms with Gasteiger partial charge in [0.2, 0.25) is 0 Å². The highest BCUT2D eigenvalue weighted by Crippen LogP contribution is 2.32. The van der Waals surface area contributed by atoms with E-state index >= 15 is 0 Å². The molecule has 1 saturated heterocycles. The van der Waals surface area contributed by atoms with Crippen LogP contribution in [0.1, 0.15) is 85.0 Å². The summed E-state index contributed by atoms with van der Waals surface area (Å²) in [7, 11) is 0. The Morgan fingerprint density at radius 3 is 2.07 bits per heavy atom. The molecule has 0 aromatic carbocycles. The number of nitrogens with zero attached hydrogens (tertiary/aromatic N) is 1. The summed E-state index contributed by atoms with van der Waals surface area (Å²) in [6.45, 7) is 12.5. The Bertz CT molecular complexity index is 471. The topological polar surface area (TPSA) is 73.5 Å². The van der Waals surface area contributed by atoms with Crippen LogP contribution in [0.2, 0.25) is 0 Å². The molecule has 0 atom stereocenters. The average molecular weight is 381 g/mol. The molecule has 0 aromatic heterocycles. The first-order valence-electron chi connectivity index (χ1n) is 10.8. The van der Waals surface area contributed by atoms with Gasteiger partial charge in [-0.05, 0) is 32.1 Å². The van der Waals surface area contributed by atoms with Gasteiger partial charge < -0.3 is 16.0 Å². The summed E-state index contributed by atoms with van der Waals surface area (Å²) in [5, 5.41) is 9.14. The largest absolute Gasteiger partial charge is 0.358 e. The quantitative estimate of drug-likeness (QED) is 0.400. The second-order valence-corrected chi connectivity index (χ2v) is 7.56. The molecule has 27 heavy (non-hydrogen) atoms. The highest BCUT2D eigenvalue weighted by Gasteiger charge is 2.46. The highest BCUT2D eigenvalue weighted by atomic mass is 16.2. The second kappa shape index (κ2) is 12.6. The predicted molar refractivity (Wildman–Crippen MR) is 111 cm³/mol. The van der Waals surface area contributed by atoms with E-state index in [0.29, 0.717) is 19.6 Å². The molecule has 1 heterocycles. The van der Waals surface area contributed by atoms with Gasteiger partial charge in [0.25, 0.3) is 5.91 Å². The van der Waals surface area contributed by atoms with Gasteiger partial charge in [-0.25, -0.2) is 4.79 Å². The Kier molecular flexibility index (Phi) is 10.9.